The van der Waals surface area contributed by atoms with Crippen molar-refractivity contribution in [1.29, 1.82) is 0 Å². The van der Waals surface area contributed by atoms with Gasteiger partial charge in [0, 0.05) is 12.1 Å². The lowest BCUT2D eigenvalue weighted by molar-refractivity contribution is -0.617. The van der Waals surface area contributed by atoms with Gasteiger partial charge in [-0.1, -0.05) is 23.7 Å². The number of nitrogens with one attached hydrogen (secondary N) is 1. The molecule has 0 saturated carbocycles. The highest BCUT2D eigenvalue weighted by atomic mass is 79.9. The molecule has 0 bridgehead atoms. The highest BCUT2D eigenvalue weighted by molar-refractivity contribution is 8.93. The Kier molecular flexibility index (Phi) is 6.20. The molecule has 0 saturated heterocycles. The third-order valence-corrected chi connectivity index (χ3v) is 3.52. The standard InChI is InChI=1S/C15H15ClN4O2.BrH/c16-13-6-1-2-7-14(13)18-15-17-8-10-20(15)22-11-12-5-3-4-9-19(12)21;/h1-7,9H,8,10-11H2,(H,17,18);1H. The molecule has 0 fully saturated rings. The summed E-state index contributed by atoms with van der Waals surface area (Å²) in [6.45, 7) is 1.42. The van der Waals surface area contributed by atoms with Crippen molar-refractivity contribution in [2.24, 2.45) is 4.99 Å². The van der Waals surface area contributed by atoms with E-state index in [1.807, 2.05) is 18.2 Å². The third kappa shape index (κ3) is 4.34. The van der Waals surface area contributed by atoms with Crippen LogP contribution in [0.4, 0.5) is 5.69 Å². The smallest absolute Gasteiger partial charge is 0.223 e. The first-order chi connectivity index (χ1) is 10.7. The van der Waals surface area contributed by atoms with Crippen LogP contribution in [0.25, 0.3) is 0 Å². The van der Waals surface area contributed by atoms with Crippen molar-refractivity contribution < 1.29 is 9.57 Å². The maximum absolute atomic E-state index is 11.6. The van der Waals surface area contributed by atoms with E-state index in [4.69, 9.17) is 16.4 Å². The predicted octanol–water partition coefficient (Wildman–Crippen LogP) is 2.77. The van der Waals surface area contributed by atoms with Gasteiger partial charge >= 0.3 is 0 Å². The number of hydroxylamine groups is 2. The topological polar surface area (TPSA) is 63.8 Å². The van der Waals surface area contributed by atoms with Gasteiger partial charge in [0.1, 0.15) is 0 Å². The minimum absolute atomic E-state index is 0. The van der Waals surface area contributed by atoms with Crippen LogP contribution in [0, 0.1) is 5.21 Å². The number of anilines is 1. The molecule has 1 aliphatic heterocycles. The maximum atomic E-state index is 11.6. The van der Waals surface area contributed by atoms with Crippen LogP contribution in [0.2, 0.25) is 5.02 Å². The van der Waals surface area contributed by atoms with E-state index in [1.165, 1.54) is 6.20 Å². The van der Waals surface area contributed by atoms with Crippen molar-refractivity contribution in [2.45, 2.75) is 6.61 Å². The summed E-state index contributed by atoms with van der Waals surface area (Å²) in [6.07, 6.45) is 1.44. The molecule has 1 aromatic heterocycles. The minimum Gasteiger partial charge on any atom is -0.618 e. The molecule has 0 unspecified atom stereocenters. The second-order valence-corrected chi connectivity index (χ2v) is 5.11. The Hall–Kier alpha value is -1.83. The Morgan fingerprint density at radius 2 is 2.04 bits per heavy atom. The third-order valence-electron chi connectivity index (χ3n) is 3.19. The van der Waals surface area contributed by atoms with Gasteiger partial charge in [-0.3, -0.25) is 4.84 Å². The lowest BCUT2D eigenvalue weighted by Crippen LogP contribution is -2.36. The van der Waals surface area contributed by atoms with Crippen molar-refractivity contribution in [1.82, 2.24) is 5.06 Å². The van der Waals surface area contributed by atoms with Gasteiger partial charge in [-0.05, 0) is 18.2 Å². The molecule has 0 aliphatic carbocycles. The van der Waals surface area contributed by atoms with Crippen molar-refractivity contribution in [3.8, 4) is 0 Å². The molecule has 0 atom stereocenters. The average Bonchev–Trinajstić information content (AvgIpc) is 2.96. The summed E-state index contributed by atoms with van der Waals surface area (Å²) in [5.41, 5.74) is 1.29. The fraction of sp³-hybridized carbons (Fsp3) is 0.200. The number of halogens is 2. The molecule has 1 N–H and O–H groups in total. The number of benzene rings is 1. The normalized spacial score (nSPS) is 13.4. The summed E-state index contributed by atoms with van der Waals surface area (Å²) >= 11 is 6.12. The highest BCUT2D eigenvalue weighted by Gasteiger charge is 2.20. The quantitative estimate of drug-likeness (QED) is 0.634. The van der Waals surface area contributed by atoms with Crippen LogP contribution in [0.1, 0.15) is 5.69 Å². The largest absolute Gasteiger partial charge is 0.618 e. The molecule has 0 amide bonds. The first-order valence-corrected chi connectivity index (χ1v) is 7.25. The van der Waals surface area contributed by atoms with E-state index in [-0.39, 0.29) is 23.6 Å². The molecule has 3 rings (SSSR count). The molecular formula is C15H16BrClN4O2. The van der Waals surface area contributed by atoms with Crippen molar-refractivity contribution in [2.75, 3.05) is 18.4 Å². The first kappa shape index (κ1) is 17.5. The summed E-state index contributed by atoms with van der Waals surface area (Å²) < 4.78 is 0.786. The molecule has 2 heterocycles. The Labute approximate surface area is 149 Å². The van der Waals surface area contributed by atoms with Crippen LogP contribution in [-0.4, -0.2) is 24.1 Å². The van der Waals surface area contributed by atoms with Crippen LogP contribution >= 0.6 is 28.6 Å². The van der Waals surface area contributed by atoms with Crippen molar-refractivity contribution >= 4 is 40.2 Å². The number of aromatic nitrogens is 1. The first-order valence-electron chi connectivity index (χ1n) is 6.87. The Morgan fingerprint density at radius 1 is 1.26 bits per heavy atom. The fourth-order valence-electron chi connectivity index (χ4n) is 2.06. The predicted molar refractivity (Wildman–Crippen MR) is 94.6 cm³/mol. The van der Waals surface area contributed by atoms with Crippen LogP contribution in [0.3, 0.4) is 0 Å². The number of pyridine rings is 1. The Morgan fingerprint density at radius 3 is 2.83 bits per heavy atom. The molecular weight excluding hydrogens is 384 g/mol. The number of hydrogen-bond acceptors (Lipinski definition) is 5. The number of guanidine groups is 1. The van der Waals surface area contributed by atoms with E-state index in [0.29, 0.717) is 29.8 Å². The van der Waals surface area contributed by atoms with E-state index < -0.39 is 0 Å². The van der Waals surface area contributed by atoms with E-state index >= 15 is 0 Å². The maximum Gasteiger partial charge on any atom is 0.223 e. The Balaban J connectivity index is 0.00000192. The molecule has 2 aromatic rings. The molecule has 1 aliphatic rings. The SMILES string of the molecule is Br.[O-][n+]1ccccc1CON1CCN=C1Nc1ccccc1Cl. The molecule has 23 heavy (non-hydrogen) atoms. The van der Waals surface area contributed by atoms with Crippen LogP contribution in [0.15, 0.2) is 53.7 Å². The molecule has 1 aromatic carbocycles. The van der Waals surface area contributed by atoms with Crippen LogP contribution < -0.4 is 10.0 Å². The van der Waals surface area contributed by atoms with Gasteiger partial charge in [-0.15, -0.1) is 17.0 Å². The zero-order valence-corrected chi connectivity index (χ0v) is 14.7. The minimum atomic E-state index is 0. The van der Waals surface area contributed by atoms with Crippen molar-refractivity contribution in [3.63, 3.8) is 0 Å². The van der Waals surface area contributed by atoms with Gasteiger partial charge in [-0.25, -0.2) is 10.1 Å². The molecule has 6 nitrogen and oxygen atoms in total. The number of rotatable bonds is 4. The Bertz CT molecular complexity index is 699. The number of para-hydroxylation sites is 1. The number of aliphatic imine (C=N–C) groups is 1. The second-order valence-electron chi connectivity index (χ2n) is 4.70. The van der Waals surface area contributed by atoms with Gasteiger partial charge < -0.3 is 10.5 Å². The fourth-order valence-corrected chi connectivity index (χ4v) is 2.24. The van der Waals surface area contributed by atoms with E-state index in [1.54, 1.807) is 29.3 Å². The summed E-state index contributed by atoms with van der Waals surface area (Å²) in [4.78, 5) is 10.0. The van der Waals surface area contributed by atoms with Gasteiger partial charge in [-0.2, -0.15) is 4.73 Å². The van der Waals surface area contributed by atoms with Gasteiger partial charge in [0.05, 0.1) is 23.8 Å². The van der Waals surface area contributed by atoms with Gasteiger partial charge in [0.15, 0.2) is 12.8 Å². The summed E-state index contributed by atoms with van der Waals surface area (Å²) in [6, 6.07) is 12.6. The summed E-state index contributed by atoms with van der Waals surface area (Å²) in [5.74, 6) is 0.585. The van der Waals surface area contributed by atoms with E-state index in [9.17, 15) is 5.21 Å². The molecule has 0 radical (unpaired) electrons. The summed E-state index contributed by atoms with van der Waals surface area (Å²) in [7, 11) is 0. The highest BCUT2D eigenvalue weighted by Crippen LogP contribution is 2.21. The van der Waals surface area contributed by atoms with Crippen LogP contribution in [-0.2, 0) is 11.4 Å². The van der Waals surface area contributed by atoms with Crippen LogP contribution in [0.5, 0.6) is 0 Å². The van der Waals surface area contributed by atoms with Gasteiger partial charge in [0.25, 0.3) is 0 Å². The lowest BCUT2D eigenvalue weighted by atomic mass is 10.3. The molecule has 122 valence electrons. The number of hydrogen-bond donors (Lipinski definition) is 1. The average molecular weight is 400 g/mol. The van der Waals surface area contributed by atoms with E-state index in [0.717, 1.165) is 10.4 Å². The van der Waals surface area contributed by atoms with Gasteiger partial charge in [0.2, 0.25) is 11.7 Å². The zero-order chi connectivity index (χ0) is 15.4. The second kappa shape index (κ2) is 8.14. The van der Waals surface area contributed by atoms with E-state index in [2.05, 4.69) is 10.3 Å². The van der Waals surface area contributed by atoms with Crippen molar-refractivity contribution in [3.05, 3.63) is 64.6 Å². The monoisotopic (exact) mass is 398 g/mol. The molecule has 8 heteroatoms. The number of nitrogens with zero attached hydrogens (tertiary/aromatic N) is 3. The lowest BCUT2D eigenvalue weighted by Gasteiger charge is -2.20. The zero-order valence-electron chi connectivity index (χ0n) is 12.2. The molecule has 0 spiro atoms. The summed E-state index contributed by atoms with van der Waals surface area (Å²) in [5, 5.41) is 17.0.